The van der Waals surface area contributed by atoms with E-state index in [-0.39, 0.29) is 0 Å². The number of hydrogen-bond acceptors (Lipinski definition) is 4. The maximum absolute atomic E-state index is 11.0. The predicted molar refractivity (Wildman–Crippen MR) is 176 cm³/mol. The fourth-order valence-electron chi connectivity index (χ4n) is 10.4. The third-order valence-corrected chi connectivity index (χ3v) is 13.3. The second-order valence-electron chi connectivity index (χ2n) is 16.0. The summed E-state index contributed by atoms with van der Waals surface area (Å²) < 4.78 is 33.3. The Bertz CT molecular complexity index is 972. The molecule has 4 aliphatic rings. The van der Waals surface area contributed by atoms with Gasteiger partial charge in [0.1, 0.15) is 0 Å². The van der Waals surface area contributed by atoms with E-state index in [1.54, 1.807) is 5.57 Å². The molecule has 0 radical (unpaired) electrons. The monoisotopic (exact) mass is 606 g/mol. The van der Waals surface area contributed by atoms with Crippen LogP contribution in [-0.4, -0.2) is 34.0 Å². The van der Waals surface area contributed by atoms with E-state index in [0.29, 0.717) is 23.5 Å². The van der Waals surface area contributed by atoms with Crippen LogP contribution < -0.4 is 0 Å². The minimum Gasteiger partial charge on any atom is -0.378 e. The summed E-state index contributed by atoms with van der Waals surface area (Å²) in [7, 11) is -3.29. The first-order valence-electron chi connectivity index (χ1n) is 18.1. The number of allylic oxidation sites excluding steroid dienone is 1. The highest BCUT2D eigenvalue weighted by Gasteiger charge is 2.57. The van der Waals surface area contributed by atoms with Crippen molar-refractivity contribution in [3.05, 3.63) is 11.6 Å². The van der Waals surface area contributed by atoms with Crippen molar-refractivity contribution in [1.29, 1.82) is 0 Å². The number of fused-ring (bicyclic) bond motifs is 5. The van der Waals surface area contributed by atoms with Gasteiger partial charge in [0.2, 0.25) is 0 Å². The zero-order chi connectivity index (χ0) is 30.4. The molecule has 0 aromatic rings. The molecule has 3 saturated carbocycles. The van der Waals surface area contributed by atoms with Crippen LogP contribution in [0, 0.1) is 46.3 Å². The molecule has 4 rings (SSSR count). The Morgan fingerprint density at radius 2 is 1.57 bits per heavy atom. The van der Waals surface area contributed by atoms with Gasteiger partial charge in [-0.05, 0) is 111 Å². The van der Waals surface area contributed by atoms with Gasteiger partial charge in [-0.15, -0.1) is 0 Å². The highest BCUT2D eigenvalue weighted by molar-refractivity contribution is 7.85. The smallest absolute Gasteiger partial charge is 0.264 e. The Labute approximate surface area is 260 Å². The van der Waals surface area contributed by atoms with E-state index in [1.807, 2.05) is 0 Å². The Kier molecular flexibility index (Phi) is 12.5. The van der Waals surface area contributed by atoms with Crippen molar-refractivity contribution in [1.82, 2.24) is 0 Å². The summed E-state index contributed by atoms with van der Waals surface area (Å²) in [6, 6.07) is 0. The first kappa shape index (κ1) is 34.5. The molecular formula is C37H66O4S. The maximum Gasteiger partial charge on any atom is 0.264 e. The maximum atomic E-state index is 11.0. The molecule has 0 aromatic heterocycles. The summed E-state index contributed by atoms with van der Waals surface area (Å²) >= 11 is 0. The van der Waals surface area contributed by atoms with Gasteiger partial charge in [-0.2, -0.15) is 8.42 Å². The predicted octanol–water partition coefficient (Wildman–Crippen LogP) is 10.1. The lowest BCUT2D eigenvalue weighted by Crippen LogP contribution is -2.54. The molecule has 0 bridgehead atoms. The molecule has 8 atom stereocenters. The zero-order valence-corrected chi connectivity index (χ0v) is 29.1. The summed E-state index contributed by atoms with van der Waals surface area (Å²) in [4.78, 5) is 0. The van der Waals surface area contributed by atoms with Gasteiger partial charge in [0.15, 0.2) is 0 Å². The molecule has 4 aliphatic carbocycles. The molecule has 5 heteroatoms. The van der Waals surface area contributed by atoms with Crippen molar-refractivity contribution in [2.75, 3.05) is 19.5 Å². The van der Waals surface area contributed by atoms with Crippen LogP contribution in [0.3, 0.4) is 0 Å². The van der Waals surface area contributed by atoms with Gasteiger partial charge in [0.25, 0.3) is 10.1 Å². The molecule has 0 heterocycles. The van der Waals surface area contributed by atoms with Crippen LogP contribution in [0.15, 0.2) is 11.6 Å². The van der Waals surface area contributed by atoms with Crippen LogP contribution in [0.1, 0.15) is 150 Å². The Hall–Kier alpha value is -0.390. The molecule has 0 aromatic carbocycles. The van der Waals surface area contributed by atoms with Crippen LogP contribution in [0.4, 0.5) is 0 Å². The van der Waals surface area contributed by atoms with E-state index in [4.69, 9.17) is 8.92 Å². The summed E-state index contributed by atoms with van der Waals surface area (Å²) in [5.41, 5.74) is 2.71. The summed E-state index contributed by atoms with van der Waals surface area (Å²) in [5, 5.41) is 0. The highest BCUT2D eigenvalue weighted by Crippen LogP contribution is 2.66. The lowest BCUT2D eigenvalue weighted by molar-refractivity contribution is -0.111. The van der Waals surface area contributed by atoms with Gasteiger partial charge in [-0.3, -0.25) is 4.18 Å². The van der Waals surface area contributed by atoms with Crippen molar-refractivity contribution >= 4 is 10.1 Å². The fourth-order valence-corrected chi connectivity index (χ4v) is 10.8. The average Bonchev–Trinajstić information content (AvgIpc) is 2.92. The molecule has 4 nitrogen and oxygen atoms in total. The van der Waals surface area contributed by atoms with Crippen LogP contribution in [0.25, 0.3) is 0 Å². The lowest BCUT2D eigenvalue weighted by Gasteiger charge is -2.62. The molecular weight excluding hydrogens is 540 g/mol. The summed E-state index contributed by atoms with van der Waals surface area (Å²) in [6.07, 6.45) is 27.4. The third-order valence-electron chi connectivity index (χ3n) is 12.7. The molecule has 0 amide bonds. The van der Waals surface area contributed by atoms with Crippen molar-refractivity contribution in [2.45, 2.75) is 156 Å². The topological polar surface area (TPSA) is 52.6 Å². The molecule has 0 spiro atoms. The molecule has 3 fully saturated rings. The SMILES string of the molecule is CC(C)CCCC(C)C1CCCC2C3CC=C4CC(OCCCCCCCCOS(C)(=O)=O)CCC4(C)C3CCC12C. The van der Waals surface area contributed by atoms with Crippen molar-refractivity contribution in [3.63, 3.8) is 0 Å². The van der Waals surface area contributed by atoms with Gasteiger partial charge in [-0.1, -0.05) is 97.6 Å². The average molecular weight is 607 g/mol. The van der Waals surface area contributed by atoms with E-state index in [2.05, 4.69) is 40.7 Å². The van der Waals surface area contributed by atoms with Gasteiger partial charge in [0.05, 0.1) is 19.0 Å². The summed E-state index contributed by atoms with van der Waals surface area (Å²) in [6.45, 7) is 13.9. The number of ether oxygens (including phenoxy) is 1. The van der Waals surface area contributed by atoms with Crippen molar-refractivity contribution in [2.24, 2.45) is 46.3 Å². The van der Waals surface area contributed by atoms with Crippen LogP contribution >= 0.6 is 0 Å². The molecule has 42 heavy (non-hydrogen) atoms. The van der Waals surface area contributed by atoms with Gasteiger partial charge >= 0.3 is 0 Å². The standard InChI is InChI=1S/C37H66O4S/c1-28(2)15-13-16-29(3)33-17-14-18-34-32-20-19-30-27-31(21-23-36(30,4)35(32)22-24-37(33,34)5)40-25-11-9-7-8-10-12-26-41-42(6,38)39/h19,28-29,31-35H,7-18,20-27H2,1-6H3. The number of unbranched alkanes of at least 4 members (excludes halogenated alkanes) is 5. The quantitative estimate of drug-likeness (QED) is 0.0996. The van der Waals surface area contributed by atoms with Crippen LogP contribution in [-0.2, 0) is 19.0 Å². The minimum atomic E-state index is -3.29. The zero-order valence-electron chi connectivity index (χ0n) is 28.3. The highest BCUT2D eigenvalue weighted by atomic mass is 32.2. The van der Waals surface area contributed by atoms with Gasteiger partial charge in [-0.25, -0.2) is 0 Å². The van der Waals surface area contributed by atoms with Crippen molar-refractivity contribution < 1.29 is 17.3 Å². The van der Waals surface area contributed by atoms with E-state index in [0.717, 1.165) is 80.5 Å². The largest absolute Gasteiger partial charge is 0.378 e. The van der Waals surface area contributed by atoms with Gasteiger partial charge in [0, 0.05) is 6.61 Å². The third kappa shape index (κ3) is 8.65. The van der Waals surface area contributed by atoms with E-state index < -0.39 is 10.1 Å². The van der Waals surface area contributed by atoms with Crippen molar-refractivity contribution in [3.8, 4) is 0 Å². The van der Waals surface area contributed by atoms with E-state index in [1.165, 1.54) is 83.5 Å². The van der Waals surface area contributed by atoms with Gasteiger partial charge < -0.3 is 4.74 Å². The normalized spacial score (nSPS) is 35.7. The number of rotatable bonds is 16. The molecule has 0 aliphatic heterocycles. The lowest BCUT2D eigenvalue weighted by atomic mass is 9.42. The Balaban J connectivity index is 1.22. The van der Waals surface area contributed by atoms with E-state index in [9.17, 15) is 8.42 Å². The Morgan fingerprint density at radius 1 is 0.857 bits per heavy atom. The molecule has 0 saturated heterocycles. The molecule has 244 valence electrons. The minimum absolute atomic E-state index is 0.318. The van der Waals surface area contributed by atoms with Crippen LogP contribution in [0.5, 0.6) is 0 Å². The second-order valence-corrected chi connectivity index (χ2v) is 17.7. The molecule has 8 unspecified atom stereocenters. The first-order valence-corrected chi connectivity index (χ1v) is 19.9. The van der Waals surface area contributed by atoms with E-state index >= 15 is 0 Å². The first-order chi connectivity index (χ1) is 19.9. The molecule has 0 N–H and O–H groups in total. The number of hydrogen-bond donors (Lipinski definition) is 0. The summed E-state index contributed by atoms with van der Waals surface area (Å²) in [5.74, 6) is 5.37. The van der Waals surface area contributed by atoms with Crippen LogP contribution in [0.2, 0.25) is 0 Å². The fraction of sp³-hybridized carbons (Fsp3) is 0.946. The Morgan fingerprint density at radius 3 is 2.29 bits per heavy atom. The second kappa shape index (κ2) is 15.3.